The summed E-state index contributed by atoms with van der Waals surface area (Å²) in [5, 5.41) is 7.61. The Morgan fingerprint density at radius 2 is 1.91 bits per heavy atom. The van der Waals surface area contributed by atoms with Gasteiger partial charge in [0.1, 0.15) is 0 Å². The monoisotopic (exact) mass is 318 g/mol. The molecule has 8 nitrogen and oxygen atoms in total. The van der Waals surface area contributed by atoms with Crippen LogP contribution >= 0.6 is 0 Å². The minimum Gasteiger partial charge on any atom is -0.459 e. The van der Waals surface area contributed by atoms with E-state index in [1.54, 1.807) is 28.9 Å². The van der Waals surface area contributed by atoms with Crippen LogP contribution in [0.15, 0.2) is 27.2 Å². The SMILES string of the molecule is Cc1nnc(CCC(=O)N2CCN(C(=O)c3ccco3)CC2)o1. The summed E-state index contributed by atoms with van der Waals surface area (Å²) in [6.45, 7) is 3.77. The van der Waals surface area contributed by atoms with E-state index in [4.69, 9.17) is 8.83 Å². The van der Waals surface area contributed by atoms with Gasteiger partial charge in [0, 0.05) is 45.9 Å². The van der Waals surface area contributed by atoms with Gasteiger partial charge in [-0.05, 0) is 12.1 Å². The minimum atomic E-state index is -0.136. The molecule has 8 heteroatoms. The zero-order valence-electron chi connectivity index (χ0n) is 12.9. The summed E-state index contributed by atoms with van der Waals surface area (Å²) in [7, 11) is 0. The molecule has 122 valence electrons. The largest absolute Gasteiger partial charge is 0.459 e. The molecule has 3 heterocycles. The summed E-state index contributed by atoms with van der Waals surface area (Å²) < 4.78 is 10.4. The standard InChI is InChI=1S/C15H18N4O4/c1-11-16-17-13(23-11)4-5-14(20)18-6-8-19(9-7-18)15(21)12-3-2-10-22-12/h2-3,10H,4-9H2,1H3. The van der Waals surface area contributed by atoms with Crippen molar-refractivity contribution >= 4 is 11.8 Å². The van der Waals surface area contributed by atoms with Crippen LogP contribution < -0.4 is 0 Å². The summed E-state index contributed by atoms with van der Waals surface area (Å²) in [4.78, 5) is 27.8. The Morgan fingerprint density at radius 1 is 1.17 bits per heavy atom. The number of carbonyl (C=O) groups excluding carboxylic acids is 2. The summed E-state index contributed by atoms with van der Waals surface area (Å²) >= 11 is 0. The van der Waals surface area contributed by atoms with Gasteiger partial charge in [0.25, 0.3) is 5.91 Å². The van der Waals surface area contributed by atoms with Gasteiger partial charge in [0.15, 0.2) is 5.76 Å². The number of amides is 2. The minimum absolute atomic E-state index is 0.0333. The van der Waals surface area contributed by atoms with Crippen molar-refractivity contribution in [3.8, 4) is 0 Å². The number of aryl methyl sites for hydroxylation is 2. The van der Waals surface area contributed by atoms with E-state index in [1.807, 2.05) is 0 Å². The highest BCUT2D eigenvalue weighted by Gasteiger charge is 2.26. The average Bonchev–Trinajstić information content (AvgIpc) is 3.24. The number of aromatic nitrogens is 2. The Labute approximate surface area is 133 Å². The molecular weight excluding hydrogens is 300 g/mol. The van der Waals surface area contributed by atoms with Gasteiger partial charge in [0.2, 0.25) is 17.7 Å². The molecule has 0 N–H and O–H groups in total. The van der Waals surface area contributed by atoms with Gasteiger partial charge in [-0.3, -0.25) is 9.59 Å². The van der Waals surface area contributed by atoms with Crippen LogP contribution in [0.4, 0.5) is 0 Å². The second kappa shape index (κ2) is 6.64. The van der Waals surface area contributed by atoms with Crippen molar-refractivity contribution in [3.05, 3.63) is 35.9 Å². The van der Waals surface area contributed by atoms with Crippen molar-refractivity contribution in [1.29, 1.82) is 0 Å². The lowest BCUT2D eigenvalue weighted by Crippen LogP contribution is -2.50. The van der Waals surface area contributed by atoms with E-state index < -0.39 is 0 Å². The number of carbonyl (C=O) groups is 2. The highest BCUT2D eigenvalue weighted by Crippen LogP contribution is 2.11. The normalized spacial score (nSPS) is 15.0. The molecule has 0 bridgehead atoms. The molecule has 23 heavy (non-hydrogen) atoms. The van der Waals surface area contributed by atoms with Crippen molar-refractivity contribution in [2.75, 3.05) is 26.2 Å². The lowest BCUT2D eigenvalue weighted by Gasteiger charge is -2.34. The summed E-state index contributed by atoms with van der Waals surface area (Å²) in [5.41, 5.74) is 0. The first kappa shape index (κ1) is 15.3. The van der Waals surface area contributed by atoms with Crippen LogP contribution in [0.25, 0.3) is 0 Å². The van der Waals surface area contributed by atoms with Crippen molar-refractivity contribution in [3.63, 3.8) is 0 Å². The fourth-order valence-corrected chi connectivity index (χ4v) is 2.53. The van der Waals surface area contributed by atoms with E-state index >= 15 is 0 Å². The van der Waals surface area contributed by atoms with Gasteiger partial charge in [0.05, 0.1) is 6.26 Å². The maximum atomic E-state index is 12.2. The molecule has 2 aromatic rings. The van der Waals surface area contributed by atoms with Gasteiger partial charge in [-0.25, -0.2) is 0 Å². The number of piperazine rings is 1. The van der Waals surface area contributed by atoms with E-state index in [2.05, 4.69) is 10.2 Å². The van der Waals surface area contributed by atoms with Crippen LogP contribution in [0.2, 0.25) is 0 Å². The molecule has 0 saturated carbocycles. The van der Waals surface area contributed by atoms with Crippen molar-refractivity contribution in [1.82, 2.24) is 20.0 Å². The fraction of sp³-hybridized carbons (Fsp3) is 0.467. The summed E-state index contributed by atoms with van der Waals surface area (Å²) in [5.74, 6) is 1.20. The third-order valence-electron chi connectivity index (χ3n) is 3.77. The fourth-order valence-electron chi connectivity index (χ4n) is 2.53. The van der Waals surface area contributed by atoms with Crippen molar-refractivity contribution in [2.24, 2.45) is 0 Å². The summed E-state index contributed by atoms with van der Waals surface area (Å²) in [6.07, 6.45) is 2.24. The molecule has 0 radical (unpaired) electrons. The van der Waals surface area contributed by atoms with Crippen LogP contribution in [-0.4, -0.2) is 58.0 Å². The first-order chi connectivity index (χ1) is 11.1. The van der Waals surface area contributed by atoms with Crippen LogP contribution in [-0.2, 0) is 11.2 Å². The molecule has 1 aliphatic rings. The summed E-state index contributed by atoms with van der Waals surface area (Å²) in [6, 6.07) is 3.33. The van der Waals surface area contributed by atoms with Gasteiger partial charge < -0.3 is 18.6 Å². The molecule has 0 spiro atoms. The van der Waals surface area contributed by atoms with E-state index in [1.165, 1.54) is 6.26 Å². The molecule has 0 aliphatic carbocycles. The third kappa shape index (κ3) is 3.58. The number of hydrogen-bond donors (Lipinski definition) is 0. The Bertz CT molecular complexity index is 671. The smallest absolute Gasteiger partial charge is 0.289 e. The Kier molecular flexibility index (Phi) is 4.40. The van der Waals surface area contributed by atoms with E-state index in [9.17, 15) is 9.59 Å². The number of hydrogen-bond acceptors (Lipinski definition) is 6. The number of rotatable bonds is 4. The topological polar surface area (TPSA) is 92.7 Å². The van der Waals surface area contributed by atoms with Gasteiger partial charge in [-0.2, -0.15) is 0 Å². The molecule has 1 fully saturated rings. The molecule has 3 rings (SSSR count). The second-order valence-corrected chi connectivity index (χ2v) is 5.37. The van der Waals surface area contributed by atoms with Crippen LogP contribution in [0, 0.1) is 6.92 Å². The molecule has 2 amide bonds. The maximum absolute atomic E-state index is 12.2. The molecule has 2 aromatic heterocycles. The zero-order valence-corrected chi connectivity index (χ0v) is 12.9. The maximum Gasteiger partial charge on any atom is 0.289 e. The third-order valence-corrected chi connectivity index (χ3v) is 3.77. The quantitative estimate of drug-likeness (QED) is 0.831. The highest BCUT2D eigenvalue weighted by atomic mass is 16.4. The predicted octanol–water partition coefficient (Wildman–Crippen LogP) is 0.888. The molecule has 0 atom stereocenters. The van der Waals surface area contributed by atoms with Crippen LogP contribution in [0.3, 0.4) is 0 Å². The van der Waals surface area contributed by atoms with E-state index in [0.717, 1.165) is 0 Å². The molecule has 1 aliphatic heterocycles. The van der Waals surface area contributed by atoms with Crippen molar-refractivity contribution in [2.45, 2.75) is 19.8 Å². The molecule has 0 unspecified atom stereocenters. The zero-order chi connectivity index (χ0) is 16.2. The Hall–Kier alpha value is -2.64. The molecule has 1 saturated heterocycles. The lowest BCUT2D eigenvalue weighted by molar-refractivity contribution is -0.132. The van der Waals surface area contributed by atoms with Gasteiger partial charge in [-0.1, -0.05) is 0 Å². The van der Waals surface area contributed by atoms with Crippen LogP contribution in [0.1, 0.15) is 28.8 Å². The molecule has 0 aromatic carbocycles. The first-order valence-electron chi connectivity index (χ1n) is 7.53. The van der Waals surface area contributed by atoms with Gasteiger partial charge in [-0.15, -0.1) is 10.2 Å². The van der Waals surface area contributed by atoms with Gasteiger partial charge >= 0.3 is 0 Å². The van der Waals surface area contributed by atoms with E-state index in [-0.39, 0.29) is 11.8 Å². The Morgan fingerprint density at radius 3 is 2.52 bits per heavy atom. The van der Waals surface area contributed by atoms with Crippen molar-refractivity contribution < 1.29 is 18.4 Å². The van der Waals surface area contributed by atoms with Crippen LogP contribution in [0.5, 0.6) is 0 Å². The lowest BCUT2D eigenvalue weighted by atomic mass is 10.2. The highest BCUT2D eigenvalue weighted by molar-refractivity contribution is 5.91. The number of furan rings is 1. The average molecular weight is 318 g/mol. The molecular formula is C15H18N4O4. The first-order valence-corrected chi connectivity index (χ1v) is 7.53. The predicted molar refractivity (Wildman–Crippen MR) is 78.5 cm³/mol. The Balaban J connectivity index is 1.46. The second-order valence-electron chi connectivity index (χ2n) is 5.37. The number of nitrogens with zero attached hydrogens (tertiary/aromatic N) is 4. The van der Waals surface area contributed by atoms with E-state index in [0.29, 0.717) is 56.6 Å².